The molecule has 47 heavy (non-hydrogen) atoms. The number of allylic oxidation sites excluding steroid dienone is 2. The zero-order valence-electron chi connectivity index (χ0n) is 26.8. The summed E-state index contributed by atoms with van der Waals surface area (Å²) in [7, 11) is 0. The smallest absolute Gasteiger partial charge is 0.000429 e. The van der Waals surface area contributed by atoms with Crippen LogP contribution in [0, 0.1) is 0 Å². The third kappa shape index (κ3) is 5.43. The molecule has 0 heteroatoms. The van der Waals surface area contributed by atoms with Crippen molar-refractivity contribution in [2.75, 3.05) is 0 Å². The van der Waals surface area contributed by atoms with E-state index in [9.17, 15) is 0 Å². The molecule has 0 bridgehead atoms. The lowest BCUT2D eigenvalue weighted by Gasteiger charge is -2.20. The summed E-state index contributed by atoms with van der Waals surface area (Å²) >= 11 is 0. The second-order valence-corrected chi connectivity index (χ2v) is 12.6. The Labute approximate surface area is 277 Å². The lowest BCUT2D eigenvalue weighted by Crippen LogP contribution is -1.95. The summed E-state index contributed by atoms with van der Waals surface area (Å²) in [5, 5.41) is 7.63. The second-order valence-electron chi connectivity index (χ2n) is 12.6. The van der Waals surface area contributed by atoms with E-state index in [1.54, 1.807) is 0 Å². The maximum atomic E-state index is 2.44. The van der Waals surface area contributed by atoms with Gasteiger partial charge >= 0.3 is 0 Å². The van der Waals surface area contributed by atoms with Crippen molar-refractivity contribution in [2.45, 2.75) is 19.8 Å². The van der Waals surface area contributed by atoms with E-state index in [2.05, 4.69) is 190 Å². The van der Waals surface area contributed by atoms with Gasteiger partial charge in [-0.3, -0.25) is 0 Å². The van der Waals surface area contributed by atoms with Crippen LogP contribution in [0.4, 0.5) is 0 Å². The fraction of sp³-hybridized carbons (Fsp3) is 0.0638. The average molecular weight is 601 g/mol. The Kier molecular flexibility index (Phi) is 7.48. The van der Waals surface area contributed by atoms with Gasteiger partial charge in [-0.15, -0.1) is 0 Å². The molecule has 0 spiro atoms. The minimum Gasteiger partial charge on any atom is -0.0738 e. The molecule has 8 rings (SSSR count). The van der Waals surface area contributed by atoms with Crippen molar-refractivity contribution in [1.29, 1.82) is 0 Å². The summed E-state index contributed by atoms with van der Waals surface area (Å²) in [5.41, 5.74) is 11.4. The summed E-state index contributed by atoms with van der Waals surface area (Å²) in [6, 6.07) is 62.1. The van der Waals surface area contributed by atoms with Crippen molar-refractivity contribution in [2.24, 2.45) is 0 Å². The fourth-order valence-corrected chi connectivity index (χ4v) is 7.18. The van der Waals surface area contributed by atoms with E-state index < -0.39 is 0 Å². The average Bonchev–Trinajstić information content (AvgIpc) is 3.14. The molecule has 0 saturated carbocycles. The molecule has 0 nitrogen and oxygen atoms in total. The van der Waals surface area contributed by atoms with E-state index in [-0.39, 0.29) is 5.92 Å². The Balaban J connectivity index is 1.40. The second kappa shape index (κ2) is 12.2. The first-order valence-corrected chi connectivity index (χ1v) is 16.5. The van der Waals surface area contributed by atoms with E-state index in [4.69, 9.17) is 0 Å². The van der Waals surface area contributed by atoms with E-state index in [1.807, 2.05) is 0 Å². The largest absolute Gasteiger partial charge is 0.0738 e. The van der Waals surface area contributed by atoms with Crippen LogP contribution in [0.3, 0.4) is 0 Å². The predicted octanol–water partition coefficient (Wildman–Crippen LogP) is 13.4. The standard InChI is InChI=1S/C47H36/c1-32(34-14-6-3-7-15-34)28-33(2)38-24-26-42-44(30-38)46(36-17-8-4-9-18-36)43-27-25-41(31-45(43)47(42)37-19-10-5-11-20-37)40-23-22-35-16-12-13-21-39(35)29-40/h3-31,33H,1-2H3/b32-28+. The maximum absolute atomic E-state index is 2.44. The fourth-order valence-electron chi connectivity index (χ4n) is 7.18. The van der Waals surface area contributed by atoms with Gasteiger partial charge in [0.05, 0.1) is 0 Å². The van der Waals surface area contributed by atoms with Crippen LogP contribution >= 0.6 is 0 Å². The molecule has 224 valence electrons. The summed E-state index contributed by atoms with van der Waals surface area (Å²) < 4.78 is 0. The van der Waals surface area contributed by atoms with Crippen LogP contribution < -0.4 is 0 Å². The molecule has 0 heterocycles. The van der Waals surface area contributed by atoms with Crippen LogP contribution in [0.2, 0.25) is 0 Å². The van der Waals surface area contributed by atoms with E-state index >= 15 is 0 Å². The van der Waals surface area contributed by atoms with Gasteiger partial charge in [0.2, 0.25) is 0 Å². The van der Waals surface area contributed by atoms with Crippen LogP contribution in [0.1, 0.15) is 30.9 Å². The zero-order chi connectivity index (χ0) is 31.7. The molecule has 0 saturated heterocycles. The SMILES string of the molecule is C/C(=C\C(C)c1ccc2c(-c3ccccc3)c3cc(-c4ccc5ccccc5c4)ccc3c(-c3ccccc3)c2c1)c1ccccc1. The summed E-state index contributed by atoms with van der Waals surface area (Å²) in [6.07, 6.45) is 2.40. The molecule has 0 aromatic heterocycles. The quantitative estimate of drug-likeness (QED) is 0.167. The van der Waals surface area contributed by atoms with Crippen LogP contribution in [-0.2, 0) is 0 Å². The van der Waals surface area contributed by atoms with Gasteiger partial charge < -0.3 is 0 Å². The van der Waals surface area contributed by atoms with Gasteiger partial charge in [-0.05, 0) is 113 Å². The van der Waals surface area contributed by atoms with Gasteiger partial charge in [0.15, 0.2) is 0 Å². The minimum atomic E-state index is 0.259. The highest BCUT2D eigenvalue weighted by Crippen LogP contribution is 2.45. The third-order valence-electron chi connectivity index (χ3n) is 9.60. The Bertz CT molecular complexity index is 2400. The van der Waals surface area contributed by atoms with Gasteiger partial charge in [-0.2, -0.15) is 0 Å². The van der Waals surface area contributed by atoms with Gasteiger partial charge in [0, 0.05) is 0 Å². The van der Waals surface area contributed by atoms with Gasteiger partial charge in [-0.1, -0.05) is 165 Å². The molecule has 0 radical (unpaired) electrons. The molecule has 0 amide bonds. The molecular weight excluding hydrogens is 565 g/mol. The van der Waals surface area contributed by atoms with Crippen molar-refractivity contribution >= 4 is 37.9 Å². The van der Waals surface area contributed by atoms with E-state index in [1.165, 1.54) is 82.4 Å². The molecule has 0 aliphatic rings. The third-order valence-corrected chi connectivity index (χ3v) is 9.60. The van der Waals surface area contributed by atoms with Crippen molar-refractivity contribution in [1.82, 2.24) is 0 Å². The first kappa shape index (κ1) is 28.7. The van der Waals surface area contributed by atoms with Crippen LogP contribution in [0.25, 0.3) is 71.3 Å². The van der Waals surface area contributed by atoms with Crippen molar-refractivity contribution in [3.63, 3.8) is 0 Å². The van der Waals surface area contributed by atoms with Crippen LogP contribution in [-0.4, -0.2) is 0 Å². The Morgan fingerprint density at radius 2 is 0.936 bits per heavy atom. The normalized spacial score (nSPS) is 12.5. The number of hydrogen-bond donors (Lipinski definition) is 0. The van der Waals surface area contributed by atoms with Crippen molar-refractivity contribution < 1.29 is 0 Å². The lowest BCUT2D eigenvalue weighted by atomic mass is 9.83. The number of fused-ring (bicyclic) bond motifs is 3. The van der Waals surface area contributed by atoms with Gasteiger partial charge in [-0.25, -0.2) is 0 Å². The first-order chi connectivity index (χ1) is 23.1. The first-order valence-electron chi connectivity index (χ1n) is 16.5. The highest BCUT2D eigenvalue weighted by molar-refractivity contribution is 6.22. The Morgan fingerprint density at radius 1 is 0.426 bits per heavy atom. The highest BCUT2D eigenvalue weighted by atomic mass is 14.2. The van der Waals surface area contributed by atoms with Crippen LogP contribution in [0.15, 0.2) is 176 Å². The summed E-state index contributed by atoms with van der Waals surface area (Å²) in [4.78, 5) is 0. The molecule has 0 N–H and O–H groups in total. The molecule has 0 aliphatic carbocycles. The van der Waals surface area contributed by atoms with Gasteiger partial charge in [0.1, 0.15) is 0 Å². The monoisotopic (exact) mass is 600 g/mol. The van der Waals surface area contributed by atoms with Crippen LogP contribution in [0.5, 0.6) is 0 Å². The minimum absolute atomic E-state index is 0.259. The van der Waals surface area contributed by atoms with Crippen molar-refractivity contribution in [3.8, 4) is 33.4 Å². The van der Waals surface area contributed by atoms with E-state index in [0.717, 1.165) is 0 Å². The molecule has 8 aromatic rings. The Hall–Kier alpha value is -5.72. The summed E-state index contributed by atoms with van der Waals surface area (Å²) in [5.74, 6) is 0.259. The maximum Gasteiger partial charge on any atom is -0.000429 e. The van der Waals surface area contributed by atoms with E-state index in [0.29, 0.717) is 0 Å². The number of rotatable bonds is 6. The number of benzene rings is 8. The van der Waals surface area contributed by atoms with Crippen molar-refractivity contribution in [3.05, 3.63) is 187 Å². The highest BCUT2D eigenvalue weighted by Gasteiger charge is 2.19. The molecule has 0 fully saturated rings. The van der Waals surface area contributed by atoms with Gasteiger partial charge in [0.25, 0.3) is 0 Å². The Morgan fingerprint density at radius 3 is 1.60 bits per heavy atom. The lowest BCUT2D eigenvalue weighted by molar-refractivity contribution is 0.971. The predicted molar refractivity (Wildman–Crippen MR) is 204 cm³/mol. The zero-order valence-corrected chi connectivity index (χ0v) is 26.8. The molecule has 1 unspecified atom stereocenters. The molecule has 8 aromatic carbocycles. The summed E-state index contributed by atoms with van der Waals surface area (Å²) in [6.45, 7) is 4.53. The number of hydrogen-bond acceptors (Lipinski definition) is 0. The topological polar surface area (TPSA) is 0 Å². The molecule has 0 aliphatic heterocycles. The molecule has 1 atom stereocenters. The molecular formula is C47H36.